The summed E-state index contributed by atoms with van der Waals surface area (Å²) in [5, 5.41) is 9.44. The van der Waals surface area contributed by atoms with Gasteiger partial charge in [0.05, 0.1) is 5.56 Å². The van der Waals surface area contributed by atoms with Crippen molar-refractivity contribution in [1.29, 1.82) is 0 Å². The molecular weight excluding hydrogens is 423 g/mol. The van der Waals surface area contributed by atoms with Gasteiger partial charge in [-0.3, -0.25) is 5.73 Å². The van der Waals surface area contributed by atoms with Gasteiger partial charge in [0.2, 0.25) is 17.8 Å². The van der Waals surface area contributed by atoms with E-state index in [0.29, 0.717) is 55.2 Å². The molecule has 0 spiro atoms. The maximum atomic E-state index is 13.5. The Balaban J connectivity index is 1.65. The maximum absolute atomic E-state index is 13.5. The van der Waals surface area contributed by atoms with Crippen LogP contribution in [0.5, 0.6) is 0 Å². The van der Waals surface area contributed by atoms with Gasteiger partial charge in [0, 0.05) is 18.8 Å². The highest BCUT2D eigenvalue weighted by atomic mass is 19.1. The van der Waals surface area contributed by atoms with E-state index in [-0.39, 0.29) is 11.7 Å². The van der Waals surface area contributed by atoms with E-state index in [9.17, 15) is 9.18 Å². The summed E-state index contributed by atoms with van der Waals surface area (Å²) >= 11 is 0. The quantitative estimate of drug-likeness (QED) is 0.248. The Morgan fingerprint density at radius 2 is 1.61 bits per heavy atom. The zero-order valence-electron chi connectivity index (χ0n) is 18.5. The lowest BCUT2D eigenvalue weighted by Gasteiger charge is -2.11. The number of unbranched alkanes of at least 4 members (excludes halogenated alkanes) is 2. The Kier molecular flexibility index (Phi) is 9.04. The molecular formula is C23H30FN8O+. The summed E-state index contributed by atoms with van der Waals surface area (Å²) in [7, 11) is 0. The molecule has 0 aliphatic carbocycles. The van der Waals surface area contributed by atoms with Crippen LogP contribution in [0.15, 0.2) is 48.5 Å². The van der Waals surface area contributed by atoms with Gasteiger partial charge in [-0.1, -0.05) is 24.6 Å². The van der Waals surface area contributed by atoms with Crippen LogP contribution < -0.4 is 27.4 Å². The Labute approximate surface area is 192 Å². The van der Waals surface area contributed by atoms with Gasteiger partial charge in [0.1, 0.15) is 5.82 Å². The SMILES string of the molecule is NCCCCCNc1nc(NCCc2ccc(C([NH3+])=O)cc2)nc(Nc2cccc(F)c2)n1. The van der Waals surface area contributed by atoms with Crippen LogP contribution in [0.3, 0.4) is 0 Å². The lowest BCUT2D eigenvalue weighted by molar-refractivity contribution is -0.255. The number of aromatic nitrogens is 3. The Hall–Kier alpha value is -3.63. The van der Waals surface area contributed by atoms with Gasteiger partial charge < -0.3 is 21.7 Å². The smallest absolute Gasteiger partial charge is 0.340 e. The summed E-state index contributed by atoms with van der Waals surface area (Å²) in [5.74, 6) is 0.583. The zero-order chi connectivity index (χ0) is 23.5. The molecule has 0 aliphatic heterocycles. The lowest BCUT2D eigenvalue weighted by atomic mass is 10.1. The summed E-state index contributed by atoms with van der Waals surface area (Å²) in [6.07, 6.45) is 3.66. The van der Waals surface area contributed by atoms with Crippen molar-refractivity contribution in [3.8, 4) is 0 Å². The first-order chi connectivity index (χ1) is 16.0. The highest BCUT2D eigenvalue weighted by molar-refractivity contribution is 5.85. The fourth-order valence-electron chi connectivity index (χ4n) is 3.11. The molecule has 3 aromatic rings. The van der Waals surface area contributed by atoms with E-state index in [4.69, 9.17) is 5.73 Å². The predicted molar refractivity (Wildman–Crippen MR) is 127 cm³/mol. The normalized spacial score (nSPS) is 10.6. The van der Waals surface area contributed by atoms with Gasteiger partial charge in [0.15, 0.2) is 0 Å². The van der Waals surface area contributed by atoms with Crippen molar-refractivity contribution in [3.63, 3.8) is 0 Å². The van der Waals surface area contributed by atoms with E-state index in [0.717, 1.165) is 24.8 Å². The minimum Gasteiger partial charge on any atom is -0.354 e. The van der Waals surface area contributed by atoms with Crippen LogP contribution in [0.4, 0.5) is 27.9 Å². The summed E-state index contributed by atoms with van der Waals surface area (Å²) in [5.41, 5.74) is 11.1. The van der Waals surface area contributed by atoms with Crippen molar-refractivity contribution in [2.24, 2.45) is 5.73 Å². The van der Waals surface area contributed by atoms with E-state index in [1.165, 1.54) is 12.1 Å². The van der Waals surface area contributed by atoms with Crippen LogP contribution in [0, 0.1) is 5.82 Å². The molecule has 0 saturated carbocycles. The van der Waals surface area contributed by atoms with Crippen LogP contribution in [0.2, 0.25) is 0 Å². The number of nitrogens with one attached hydrogen (secondary N) is 3. The predicted octanol–water partition coefficient (Wildman–Crippen LogP) is 2.33. The highest BCUT2D eigenvalue weighted by Crippen LogP contribution is 2.17. The average molecular weight is 454 g/mol. The number of amides is 1. The first-order valence-electron chi connectivity index (χ1n) is 10.9. The minimum absolute atomic E-state index is 0.203. The molecule has 0 aliphatic rings. The fourth-order valence-corrected chi connectivity index (χ4v) is 3.11. The molecule has 0 atom stereocenters. The Bertz CT molecular complexity index is 1040. The minimum atomic E-state index is -0.350. The molecule has 8 N–H and O–H groups in total. The average Bonchev–Trinajstić information content (AvgIpc) is 2.79. The second kappa shape index (κ2) is 12.4. The number of benzene rings is 2. The number of quaternary nitrogens is 1. The molecule has 0 saturated heterocycles. The van der Waals surface area contributed by atoms with Crippen molar-refractivity contribution in [1.82, 2.24) is 15.0 Å². The van der Waals surface area contributed by atoms with Gasteiger partial charge in [-0.05, 0) is 61.7 Å². The number of halogens is 1. The molecule has 0 bridgehead atoms. The van der Waals surface area contributed by atoms with E-state index < -0.39 is 0 Å². The lowest BCUT2D eigenvalue weighted by Crippen LogP contribution is -2.56. The third-order valence-corrected chi connectivity index (χ3v) is 4.85. The van der Waals surface area contributed by atoms with E-state index in [2.05, 4.69) is 36.6 Å². The second-order valence-electron chi connectivity index (χ2n) is 7.51. The molecule has 0 fully saturated rings. The first kappa shape index (κ1) is 24.0. The fraction of sp³-hybridized carbons (Fsp3) is 0.304. The van der Waals surface area contributed by atoms with Gasteiger partial charge >= 0.3 is 5.91 Å². The van der Waals surface area contributed by atoms with Crippen molar-refractivity contribution in [2.75, 3.05) is 35.6 Å². The topological polar surface area (TPSA) is 145 Å². The van der Waals surface area contributed by atoms with E-state index in [1.807, 2.05) is 12.1 Å². The number of carbonyl (C=O) groups is 1. The number of carbonyl (C=O) groups excluding carboxylic acids is 1. The standard InChI is InChI=1S/C23H29FN8O/c24-18-5-4-6-19(15-18)29-23-31-21(27-13-3-1-2-12-25)30-22(32-23)28-14-11-16-7-9-17(10-8-16)20(26)33/h4-10,15H,1-3,11-14,25H2,(H2,26,33)(H3,27,28,29,30,31,32)/p+1. The summed E-state index contributed by atoms with van der Waals surface area (Å²) in [6.45, 7) is 1.97. The van der Waals surface area contributed by atoms with Crippen LogP contribution in [-0.4, -0.2) is 40.5 Å². The number of anilines is 4. The molecule has 1 amide bonds. The first-order valence-corrected chi connectivity index (χ1v) is 10.9. The summed E-state index contributed by atoms with van der Waals surface area (Å²) in [4.78, 5) is 24.6. The van der Waals surface area contributed by atoms with Crippen LogP contribution in [-0.2, 0) is 6.42 Å². The molecule has 1 heterocycles. The van der Waals surface area contributed by atoms with Crippen LogP contribution in [0.25, 0.3) is 0 Å². The highest BCUT2D eigenvalue weighted by Gasteiger charge is 2.08. The van der Waals surface area contributed by atoms with Gasteiger partial charge in [-0.25, -0.2) is 9.18 Å². The molecule has 0 unspecified atom stereocenters. The van der Waals surface area contributed by atoms with Crippen molar-refractivity contribution in [2.45, 2.75) is 25.7 Å². The van der Waals surface area contributed by atoms with Gasteiger partial charge in [-0.2, -0.15) is 15.0 Å². The number of nitrogens with zero attached hydrogens (tertiary/aromatic N) is 3. The third-order valence-electron chi connectivity index (χ3n) is 4.85. The molecule has 10 heteroatoms. The molecule has 1 aromatic heterocycles. The van der Waals surface area contributed by atoms with Crippen LogP contribution in [0.1, 0.15) is 35.2 Å². The molecule has 9 nitrogen and oxygen atoms in total. The van der Waals surface area contributed by atoms with Gasteiger partial charge in [-0.15, -0.1) is 0 Å². The summed E-state index contributed by atoms with van der Waals surface area (Å²) in [6, 6.07) is 13.4. The summed E-state index contributed by atoms with van der Waals surface area (Å²) < 4.78 is 13.5. The third kappa shape index (κ3) is 8.09. The number of hydrogen-bond donors (Lipinski definition) is 5. The largest absolute Gasteiger partial charge is 0.354 e. The number of hydrogen-bond acceptors (Lipinski definition) is 8. The number of nitrogens with two attached hydrogens (primary N) is 1. The number of rotatable bonds is 13. The Morgan fingerprint density at radius 3 is 2.27 bits per heavy atom. The van der Waals surface area contributed by atoms with Crippen molar-refractivity contribution < 1.29 is 14.9 Å². The Morgan fingerprint density at radius 1 is 0.909 bits per heavy atom. The molecule has 3 rings (SSSR count). The molecule has 2 aromatic carbocycles. The van der Waals surface area contributed by atoms with Crippen molar-refractivity contribution in [3.05, 3.63) is 65.5 Å². The van der Waals surface area contributed by atoms with Crippen molar-refractivity contribution >= 4 is 29.4 Å². The molecule has 33 heavy (non-hydrogen) atoms. The molecule has 0 radical (unpaired) electrons. The van der Waals surface area contributed by atoms with E-state index in [1.54, 1.807) is 24.3 Å². The zero-order valence-corrected chi connectivity index (χ0v) is 18.5. The molecule has 174 valence electrons. The van der Waals surface area contributed by atoms with Gasteiger partial charge in [0.25, 0.3) is 0 Å². The second-order valence-corrected chi connectivity index (χ2v) is 7.51. The monoisotopic (exact) mass is 453 g/mol. The van der Waals surface area contributed by atoms with Crippen LogP contribution >= 0.6 is 0 Å². The maximum Gasteiger partial charge on any atom is 0.340 e. The van der Waals surface area contributed by atoms with E-state index >= 15 is 0 Å².